The van der Waals surface area contributed by atoms with Crippen LogP contribution in [-0.2, 0) is 4.79 Å². The van der Waals surface area contributed by atoms with Crippen LogP contribution in [0.4, 0.5) is 16.5 Å². The van der Waals surface area contributed by atoms with Crippen LogP contribution in [0, 0.1) is 10.1 Å². The molecule has 150 valence electrons. The molecular formula is C19H13ClN6O3S. The molecule has 0 radical (unpaired) electrons. The van der Waals surface area contributed by atoms with Gasteiger partial charge in [-0.05, 0) is 31.2 Å². The summed E-state index contributed by atoms with van der Waals surface area (Å²) in [5.41, 5.74) is 2.13. The molecule has 0 aliphatic carbocycles. The molecule has 2 aromatic carbocycles. The minimum Gasteiger partial charge on any atom is -0.269 e. The maximum Gasteiger partial charge on any atom is 0.282 e. The first-order chi connectivity index (χ1) is 14.4. The van der Waals surface area contributed by atoms with Gasteiger partial charge in [0.2, 0.25) is 5.13 Å². The van der Waals surface area contributed by atoms with Gasteiger partial charge in [0.25, 0.3) is 11.6 Å². The average Bonchev–Trinajstić information content (AvgIpc) is 3.33. The number of carbonyl (C=O) groups excluding carboxylic acids is 1. The number of hydrogen-bond donors (Lipinski definition) is 0. The quantitative estimate of drug-likeness (QED) is 0.306. The Morgan fingerprint density at radius 3 is 2.73 bits per heavy atom. The third-order valence-electron chi connectivity index (χ3n) is 4.24. The lowest BCUT2D eigenvalue weighted by Gasteiger charge is -2.08. The number of rotatable bonds is 5. The van der Waals surface area contributed by atoms with Gasteiger partial charge in [0.05, 0.1) is 22.0 Å². The highest BCUT2D eigenvalue weighted by Gasteiger charge is 2.36. The second-order valence-electron chi connectivity index (χ2n) is 6.31. The molecule has 4 rings (SSSR count). The van der Waals surface area contributed by atoms with Crippen molar-refractivity contribution in [2.75, 3.05) is 5.01 Å². The molecule has 1 amide bonds. The van der Waals surface area contributed by atoms with Gasteiger partial charge in [0.15, 0.2) is 6.04 Å². The average molecular weight is 441 g/mol. The molecule has 0 fully saturated rings. The van der Waals surface area contributed by atoms with E-state index in [1.807, 2.05) is 0 Å². The Balaban J connectivity index is 1.54. The Labute approximate surface area is 179 Å². The molecule has 30 heavy (non-hydrogen) atoms. The summed E-state index contributed by atoms with van der Waals surface area (Å²) in [5, 5.41) is 27.3. The second-order valence-corrected chi connectivity index (χ2v) is 7.58. The van der Waals surface area contributed by atoms with E-state index in [-0.39, 0.29) is 11.6 Å². The zero-order valence-electron chi connectivity index (χ0n) is 15.5. The molecule has 0 saturated heterocycles. The van der Waals surface area contributed by atoms with Crippen molar-refractivity contribution in [3.05, 3.63) is 69.0 Å². The number of nitrogens with zero attached hydrogens (tertiary/aromatic N) is 6. The van der Waals surface area contributed by atoms with E-state index >= 15 is 0 Å². The van der Waals surface area contributed by atoms with Gasteiger partial charge in [-0.3, -0.25) is 14.9 Å². The van der Waals surface area contributed by atoms with Crippen molar-refractivity contribution in [1.82, 2.24) is 4.98 Å². The fourth-order valence-corrected chi connectivity index (χ4v) is 3.64. The third kappa shape index (κ3) is 3.95. The molecule has 0 bridgehead atoms. The fourth-order valence-electron chi connectivity index (χ4n) is 2.73. The van der Waals surface area contributed by atoms with Crippen molar-refractivity contribution in [1.29, 1.82) is 0 Å². The number of amides is 1. The highest BCUT2D eigenvalue weighted by Crippen LogP contribution is 2.32. The maximum absolute atomic E-state index is 12.8. The normalized spacial score (nSPS) is 16.3. The predicted octanol–water partition coefficient (Wildman–Crippen LogP) is 5.25. The molecular weight excluding hydrogens is 428 g/mol. The maximum atomic E-state index is 12.8. The van der Waals surface area contributed by atoms with Crippen LogP contribution in [-0.4, -0.2) is 27.6 Å². The number of carbonyl (C=O) groups is 1. The zero-order chi connectivity index (χ0) is 21.3. The number of nitro benzene ring substituents is 1. The van der Waals surface area contributed by atoms with Gasteiger partial charge in [-0.1, -0.05) is 23.7 Å². The van der Waals surface area contributed by atoms with Crippen LogP contribution in [0.15, 0.2) is 69.2 Å². The molecule has 1 unspecified atom stereocenters. The van der Waals surface area contributed by atoms with E-state index in [0.29, 0.717) is 32.8 Å². The summed E-state index contributed by atoms with van der Waals surface area (Å²) < 4.78 is 0. The highest BCUT2D eigenvalue weighted by molar-refractivity contribution is 7.14. The molecule has 0 N–H and O–H groups in total. The van der Waals surface area contributed by atoms with E-state index in [2.05, 4.69) is 20.3 Å². The van der Waals surface area contributed by atoms with E-state index in [1.165, 1.54) is 28.5 Å². The van der Waals surface area contributed by atoms with Crippen molar-refractivity contribution < 1.29 is 9.72 Å². The summed E-state index contributed by atoms with van der Waals surface area (Å²) in [4.78, 5) is 27.7. The van der Waals surface area contributed by atoms with E-state index in [0.717, 1.165) is 0 Å². The predicted molar refractivity (Wildman–Crippen MR) is 115 cm³/mol. The standard InChI is InChI=1S/C19H13ClN6O3S/c1-11-17(23-22-14-7-5-13(20)6-8-14)18(27)25(24-11)19-21-16(10-30-19)12-3-2-4-15(9-12)26(28)29/h2-10,17H,1H3. The Hall–Kier alpha value is -3.50. The van der Waals surface area contributed by atoms with Crippen LogP contribution in [0.5, 0.6) is 0 Å². The van der Waals surface area contributed by atoms with Crippen molar-refractivity contribution in [2.45, 2.75) is 13.0 Å². The molecule has 9 nitrogen and oxygen atoms in total. The molecule has 3 aromatic rings. The number of anilines is 1. The number of nitro groups is 1. The smallest absolute Gasteiger partial charge is 0.269 e. The SMILES string of the molecule is CC1=NN(c2nc(-c3cccc([N+](=O)[O-])c3)cs2)C(=O)C1N=Nc1ccc(Cl)cc1. The Morgan fingerprint density at radius 1 is 1.23 bits per heavy atom. The lowest BCUT2D eigenvalue weighted by molar-refractivity contribution is -0.384. The van der Waals surface area contributed by atoms with Crippen molar-refractivity contribution in [2.24, 2.45) is 15.3 Å². The van der Waals surface area contributed by atoms with Gasteiger partial charge in [0, 0.05) is 28.1 Å². The van der Waals surface area contributed by atoms with Crippen LogP contribution in [0.1, 0.15) is 6.92 Å². The zero-order valence-corrected chi connectivity index (χ0v) is 17.0. The molecule has 1 atom stereocenters. The molecule has 2 heterocycles. The van der Waals surface area contributed by atoms with Gasteiger partial charge in [-0.25, -0.2) is 4.98 Å². The second kappa shape index (κ2) is 8.09. The largest absolute Gasteiger partial charge is 0.282 e. The molecule has 0 spiro atoms. The minimum atomic E-state index is -0.842. The van der Waals surface area contributed by atoms with Crippen molar-refractivity contribution in [3.8, 4) is 11.3 Å². The Morgan fingerprint density at radius 2 is 2.00 bits per heavy atom. The van der Waals surface area contributed by atoms with Gasteiger partial charge in [-0.2, -0.15) is 20.3 Å². The number of benzene rings is 2. The summed E-state index contributed by atoms with van der Waals surface area (Å²) in [6.07, 6.45) is 0. The molecule has 1 aromatic heterocycles. The summed E-state index contributed by atoms with van der Waals surface area (Å²) in [6.45, 7) is 1.69. The van der Waals surface area contributed by atoms with Gasteiger partial charge >= 0.3 is 0 Å². The van der Waals surface area contributed by atoms with Crippen LogP contribution >= 0.6 is 22.9 Å². The van der Waals surface area contributed by atoms with E-state index < -0.39 is 11.0 Å². The topological polar surface area (TPSA) is 113 Å². The molecule has 1 aliphatic heterocycles. The lowest BCUT2D eigenvalue weighted by atomic mass is 10.1. The first-order valence-corrected chi connectivity index (χ1v) is 9.94. The number of thiazole rings is 1. The third-order valence-corrected chi connectivity index (χ3v) is 5.31. The monoisotopic (exact) mass is 440 g/mol. The van der Waals surface area contributed by atoms with Crippen LogP contribution in [0.25, 0.3) is 11.3 Å². The molecule has 1 aliphatic rings. The summed E-state index contributed by atoms with van der Waals surface area (Å²) >= 11 is 7.06. The first-order valence-electron chi connectivity index (χ1n) is 8.68. The fraction of sp³-hybridized carbons (Fsp3) is 0.105. The van der Waals surface area contributed by atoms with Crippen molar-refractivity contribution >= 4 is 51.1 Å². The van der Waals surface area contributed by atoms with E-state index in [1.54, 1.807) is 48.7 Å². The Kier molecular flexibility index (Phi) is 5.34. The van der Waals surface area contributed by atoms with E-state index in [9.17, 15) is 14.9 Å². The Bertz CT molecular complexity index is 1190. The first kappa shape index (κ1) is 19.8. The van der Waals surface area contributed by atoms with Gasteiger partial charge in [0.1, 0.15) is 0 Å². The van der Waals surface area contributed by atoms with E-state index in [4.69, 9.17) is 11.6 Å². The van der Waals surface area contributed by atoms with Crippen LogP contribution < -0.4 is 5.01 Å². The van der Waals surface area contributed by atoms with Gasteiger partial charge < -0.3 is 0 Å². The number of hydrogen-bond acceptors (Lipinski definition) is 8. The minimum absolute atomic E-state index is 0.0316. The van der Waals surface area contributed by atoms with Crippen LogP contribution in [0.3, 0.4) is 0 Å². The molecule has 0 saturated carbocycles. The summed E-state index contributed by atoms with van der Waals surface area (Å²) in [7, 11) is 0. The van der Waals surface area contributed by atoms with Crippen LogP contribution in [0.2, 0.25) is 5.02 Å². The number of azo groups is 1. The number of non-ortho nitro benzene ring substituents is 1. The summed E-state index contributed by atoms with van der Waals surface area (Å²) in [6, 6.07) is 12.1. The summed E-state index contributed by atoms with van der Waals surface area (Å²) in [5.74, 6) is -0.370. The molecule has 11 heteroatoms. The number of aromatic nitrogens is 1. The van der Waals surface area contributed by atoms with Gasteiger partial charge in [-0.15, -0.1) is 11.3 Å². The number of hydrazone groups is 1. The lowest BCUT2D eigenvalue weighted by Crippen LogP contribution is -2.29. The highest BCUT2D eigenvalue weighted by atomic mass is 35.5. The van der Waals surface area contributed by atoms with Crippen molar-refractivity contribution in [3.63, 3.8) is 0 Å². The number of halogens is 1.